The van der Waals surface area contributed by atoms with E-state index in [4.69, 9.17) is 30.8 Å². The Kier molecular flexibility index (Phi) is 7.93. The molecule has 2 aliphatic heterocycles. The Hall–Kier alpha value is -3.53. The number of nitrogens with one attached hydrogen (secondary N) is 1. The van der Waals surface area contributed by atoms with Crippen LogP contribution in [-0.2, 0) is 22.7 Å². The van der Waals surface area contributed by atoms with Crippen LogP contribution in [0.25, 0.3) is 32.1 Å². The average Bonchev–Trinajstić information content (AvgIpc) is 3.70. The molecule has 2 aliphatic rings. The molecule has 1 saturated heterocycles. The molecule has 0 bridgehead atoms. The summed E-state index contributed by atoms with van der Waals surface area (Å²) in [5, 5.41) is 24.6. The van der Waals surface area contributed by atoms with E-state index in [1.54, 1.807) is 32.9 Å². The van der Waals surface area contributed by atoms with Crippen molar-refractivity contribution in [1.29, 1.82) is 5.26 Å². The molecule has 1 amide bonds. The number of thiophene rings is 1. The predicted molar refractivity (Wildman–Crippen MR) is 168 cm³/mol. The Morgan fingerprint density at radius 1 is 1.30 bits per heavy atom. The molecule has 0 saturated carbocycles. The van der Waals surface area contributed by atoms with Crippen molar-refractivity contribution in [2.45, 2.75) is 58.0 Å². The van der Waals surface area contributed by atoms with Crippen molar-refractivity contribution in [2.24, 2.45) is 0 Å². The van der Waals surface area contributed by atoms with Crippen LogP contribution in [0.3, 0.4) is 0 Å². The zero-order valence-electron chi connectivity index (χ0n) is 24.8. The summed E-state index contributed by atoms with van der Waals surface area (Å²) in [5.74, 6) is -0.172. The molecule has 4 aromatic rings. The first-order valence-electron chi connectivity index (χ1n) is 14.3. The van der Waals surface area contributed by atoms with Gasteiger partial charge in [0.25, 0.3) is 0 Å². The highest BCUT2D eigenvalue weighted by Crippen LogP contribution is 2.49. The molecule has 1 fully saturated rings. The van der Waals surface area contributed by atoms with E-state index in [0.29, 0.717) is 39.5 Å². The van der Waals surface area contributed by atoms with Gasteiger partial charge in [0.15, 0.2) is 0 Å². The van der Waals surface area contributed by atoms with Gasteiger partial charge in [-0.15, -0.1) is 11.3 Å². The van der Waals surface area contributed by atoms with Crippen molar-refractivity contribution >= 4 is 55.0 Å². The van der Waals surface area contributed by atoms with Gasteiger partial charge < -0.3 is 19.3 Å². The van der Waals surface area contributed by atoms with Crippen molar-refractivity contribution < 1.29 is 28.5 Å². The van der Waals surface area contributed by atoms with Crippen molar-refractivity contribution in [3.63, 3.8) is 0 Å². The number of aliphatic hydroxyl groups is 1. The molecule has 4 heterocycles. The van der Waals surface area contributed by atoms with Gasteiger partial charge in [-0.05, 0) is 76.0 Å². The van der Waals surface area contributed by atoms with Gasteiger partial charge in [0.2, 0.25) is 5.88 Å². The molecular weight excluding hydrogens is 607 g/mol. The van der Waals surface area contributed by atoms with Gasteiger partial charge in [-0.2, -0.15) is 5.26 Å². The Morgan fingerprint density at radius 2 is 2.07 bits per heavy atom. The van der Waals surface area contributed by atoms with Gasteiger partial charge in [-0.3, -0.25) is 10.2 Å². The van der Waals surface area contributed by atoms with Crippen LogP contribution in [-0.4, -0.2) is 59.0 Å². The van der Waals surface area contributed by atoms with Gasteiger partial charge in [0, 0.05) is 22.4 Å². The highest BCUT2D eigenvalue weighted by Gasteiger charge is 2.39. The van der Waals surface area contributed by atoms with E-state index in [2.05, 4.69) is 16.3 Å². The second-order valence-corrected chi connectivity index (χ2v) is 13.6. The maximum Gasteiger partial charge on any atom is 0.412 e. The quantitative estimate of drug-likeness (QED) is 0.232. The number of nitriles is 1. The van der Waals surface area contributed by atoms with Gasteiger partial charge in [-0.25, -0.2) is 14.2 Å². The van der Waals surface area contributed by atoms with Crippen LogP contribution in [0, 0.1) is 17.1 Å². The number of carbonyl (C=O) groups excluding carboxylic acids is 1. The highest BCUT2D eigenvalue weighted by molar-refractivity contribution is 7.23. The summed E-state index contributed by atoms with van der Waals surface area (Å²) in [6.45, 7) is 6.92. The van der Waals surface area contributed by atoms with Crippen molar-refractivity contribution in [3.8, 4) is 23.1 Å². The molecule has 0 spiro atoms. The molecular formula is C32H32ClFN4O5S. The third-order valence-electron chi connectivity index (χ3n) is 8.30. The lowest BCUT2D eigenvalue weighted by atomic mass is 9.91. The summed E-state index contributed by atoms with van der Waals surface area (Å²) in [6, 6.07) is 8.76. The van der Waals surface area contributed by atoms with Crippen LogP contribution in [0.1, 0.15) is 50.3 Å². The zero-order chi connectivity index (χ0) is 31.4. The largest absolute Gasteiger partial charge is 0.476 e. The molecule has 1 unspecified atom stereocenters. The minimum atomic E-state index is -0.759. The number of hydrogen-bond acceptors (Lipinski definition) is 9. The number of likely N-dealkylation sites (tertiary alicyclic amines) is 1. The van der Waals surface area contributed by atoms with E-state index in [9.17, 15) is 15.2 Å². The van der Waals surface area contributed by atoms with E-state index in [1.165, 1.54) is 6.07 Å². The van der Waals surface area contributed by atoms with Crippen molar-refractivity contribution in [2.75, 3.05) is 32.1 Å². The fourth-order valence-corrected chi connectivity index (χ4v) is 7.47. The minimum Gasteiger partial charge on any atom is -0.476 e. The number of halogens is 2. The monoisotopic (exact) mass is 638 g/mol. The van der Waals surface area contributed by atoms with Crippen LogP contribution in [0.5, 0.6) is 5.88 Å². The van der Waals surface area contributed by atoms with Crippen molar-refractivity contribution in [3.05, 3.63) is 51.8 Å². The fraction of sp³-hybridized carbons (Fsp3) is 0.406. The van der Waals surface area contributed by atoms with Crippen LogP contribution in [0.4, 0.5) is 14.2 Å². The number of aliphatic hydroxyl groups excluding tert-OH is 1. The number of anilines is 1. The number of ether oxygens (including phenoxy) is 3. The molecule has 0 radical (unpaired) electrons. The number of amides is 1. The van der Waals surface area contributed by atoms with Crippen LogP contribution >= 0.6 is 22.9 Å². The predicted octanol–water partition coefficient (Wildman–Crippen LogP) is 6.99. The maximum absolute atomic E-state index is 15.3. The SMILES string of the molecule is CN1CCCC1(CO)COc1ccc2c3c(c(-c4ccc(F)c5sc(NC(=O)OC(C)(C)C)c(C#N)c45)c(Cl)c2n1)COC3. The average molecular weight is 639 g/mol. The van der Waals surface area contributed by atoms with Gasteiger partial charge in [0.05, 0.1) is 46.2 Å². The number of nitrogens with zero attached hydrogens (tertiary/aromatic N) is 3. The Morgan fingerprint density at radius 3 is 2.75 bits per heavy atom. The number of benzene rings is 2. The normalized spacial score (nSPS) is 18.5. The first-order valence-corrected chi connectivity index (χ1v) is 15.5. The molecule has 12 heteroatoms. The first kappa shape index (κ1) is 30.5. The molecule has 2 aromatic carbocycles. The molecule has 0 aliphatic carbocycles. The number of fused-ring (bicyclic) bond motifs is 4. The smallest absolute Gasteiger partial charge is 0.412 e. The van der Waals surface area contributed by atoms with Gasteiger partial charge in [0.1, 0.15) is 29.1 Å². The lowest BCUT2D eigenvalue weighted by molar-refractivity contribution is 0.0380. The summed E-state index contributed by atoms with van der Waals surface area (Å²) in [5.41, 5.74) is 2.20. The molecule has 2 aromatic heterocycles. The van der Waals surface area contributed by atoms with E-state index >= 15 is 4.39 Å². The number of hydrogen-bond donors (Lipinski definition) is 2. The lowest BCUT2D eigenvalue weighted by Gasteiger charge is -2.33. The third-order valence-corrected chi connectivity index (χ3v) is 9.78. The van der Waals surface area contributed by atoms with Crippen LogP contribution in [0.15, 0.2) is 24.3 Å². The highest BCUT2D eigenvalue weighted by atomic mass is 35.5. The second-order valence-electron chi connectivity index (χ2n) is 12.2. The molecule has 9 nitrogen and oxygen atoms in total. The molecule has 44 heavy (non-hydrogen) atoms. The summed E-state index contributed by atoms with van der Waals surface area (Å²) >= 11 is 8.11. The molecule has 6 rings (SSSR count). The maximum atomic E-state index is 15.3. The number of carbonyl (C=O) groups is 1. The second kappa shape index (κ2) is 11.4. The fourth-order valence-electron chi connectivity index (χ4n) is 6.04. The van der Waals surface area contributed by atoms with Crippen LogP contribution in [0.2, 0.25) is 5.02 Å². The van der Waals surface area contributed by atoms with Crippen molar-refractivity contribution in [1.82, 2.24) is 9.88 Å². The molecule has 2 N–H and O–H groups in total. The number of pyridine rings is 1. The third kappa shape index (κ3) is 5.25. The number of rotatable bonds is 6. The van der Waals surface area contributed by atoms with E-state index in [0.717, 1.165) is 47.2 Å². The standard InChI is InChI=1S/C32H32ClFN4O5S/c1-31(2,3)43-30(40)37-29-19(12-35)25-18(6-8-22(34)28(25)44-29)24-21-14-41-13-20(21)17-7-9-23(36-27(17)26(24)33)42-16-32(15-39)10-5-11-38(32)4/h6-9,39H,5,10-11,13-16H2,1-4H3,(H,37,40). The number of aromatic nitrogens is 1. The summed E-state index contributed by atoms with van der Waals surface area (Å²) < 4.78 is 32.8. The summed E-state index contributed by atoms with van der Waals surface area (Å²) in [6.07, 6.45) is 1.04. The Labute approximate surface area is 263 Å². The summed E-state index contributed by atoms with van der Waals surface area (Å²) in [7, 11) is 1.98. The first-order chi connectivity index (χ1) is 21.0. The van der Waals surface area contributed by atoms with E-state index in [1.807, 2.05) is 13.1 Å². The van der Waals surface area contributed by atoms with Crippen LogP contribution < -0.4 is 10.1 Å². The molecule has 230 valence electrons. The Balaban J connectivity index is 1.48. The number of likely N-dealkylation sites (N-methyl/N-ethyl adjacent to an activating group) is 1. The summed E-state index contributed by atoms with van der Waals surface area (Å²) in [4.78, 5) is 19.5. The lowest BCUT2D eigenvalue weighted by Crippen LogP contribution is -2.49. The Bertz CT molecular complexity index is 1850. The van der Waals surface area contributed by atoms with E-state index in [-0.39, 0.29) is 35.1 Å². The zero-order valence-corrected chi connectivity index (χ0v) is 26.4. The van der Waals surface area contributed by atoms with E-state index < -0.39 is 23.1 Å². The van der Waals surface area contributed by atoms with Gasteiger partial charge in [-0.1, -0.05) is 17.7 Å². The topological polar surface area (TPSA) is 117 Å². The molecule has 1 atom stereocenters. The van der Waals surface area contributed by atoms with Gasteiger partial charge >= 0.3 is 6.09 Å². The minimum absolute atomic E-state index is 0.0277.